The Morgan fingerprint density at radius 3 is 2.94 bits per heavy atom. The average Bonchev–Trinajstić information content (AvgIpc) is 2.42. The molecule has 0 amide bonds. The number of para-hydroxylation sites is 1. The fourth-order valence-electron chi connectivity index (χ4n) is 3.30. The van der Waals surface area contributed by atoms with Gasteiger partial charge < -0.3 is 9.47 Å². The van der Waals surface area contributed by atoms with Crippen molar-refractivity contribution in [2.75, 3.05) is 13.7 Å². The summed E-state index contributed by atoms with van der Waals surface area (Å²) in [6.07, 6.45) is 4.63. The Labute approximate surface area is 107 Å². The molecule has 1 fully saturated rings. The summed E-state index contributed by atoms with van der Waals surface area (Å²) in [5, 5.41) is 0. The monoisotopic (exact) mass is 246 g/mol. The van der Waals surface area contributed by atoms with Gasteiger partial charge in [0.25, 0.3) is 0 Å². The first-order valence-electron chi connectivity index (χ1n) is 6.61. The molecule has 1 spiro atoms. The first-order chi connectivity index (χ1) is 8.78. The maximum atomic E-state index is 12.4. The van der Waals surface area contributed by atoms with Crippen molar-refractivity contribution in [2.45, 2.75) is 37.5 Å². The molecule has 1 aliphatic carbocycles. The number of ether oxygens (including phenoxy) is 2. The van der Waals surface area contributed by atoms with Crippen LogP contribution < -0.4 is 9.47 Å². The molecule has 0 aromatic heterocycles. The lowest BCUT2D eigenvalue weighted by molar-refractivity contribution is -0.127. The lowest BCUT2D eigenvalue weighted by Gasteiger charge is -2.40. The number of ketones is 1. The third kappa shape index (κ3) is 1.53. The number of Topliss-reactive ketones (excluding diaryl/α,β-unsaturated/α-hetero) is 1. The van der Waals surface area contributed by atoms with Crippen LogP contribution in [0.25, 0.3) is 0 Å². The maximum absolute atomic E-state index is 12.4. The highest BCUT2D eigenvalue weighted by molar-refractivity contribution is 5.92. The van der Waals surface area contributed by atoms with E-state index in [0.29, 0.717) is 18.8 Å². The van der Waals surface area contributed by atoms with Gasteiger partial charge in [-0.25, -0.2) is 0 Å². The summed E-state index contributed by atoms with van der Waals surface area (Å²) < 4.78 is 11.1. The minimum atomic E-state index is -0.305. The van der Waals surface area contributed by atoms with E-state index >= 15 is 0 Å². The van der Waals surface area contributed by atoms with Gasteiger partial charge in [0.2, 0.25) is 0 Å². The largest absolute Gasteiger partial charge is 0.493 e. The van der Waals surface area contributed by atoms with Crippen LogP contribution in [0, 0.1) is 0 Å². The van der Waals surface area contributed by atoms with Crippen LogP contribution in [-0.2, 0) is 10.2 Å². The first-order valence-corrected chi connectivity index (χ1v) is 6.61. The van der Waals surface area contributed by atoms with Crippen LogP contribution >= 0.6 is 0 Å². The van der Waals surface area contributed by atoms with Crippen molar-refractivity contribution in [3.05, 3.63) is 23.8 Å². The normalized spacial score (nSPS) is 26.6. The van der Waals surface area contributed by atoms with Crippen LogP contribution in [0.1, 0.15) is 37.7 Å². The number of hydrogen-bond donors (Lipinski definition) is 0. The molecule has 3 heteroatoms. The summed E-state index contributed by atoms with van der Waals surface area (Å²) in [5.41, 5.74) is 0.734. The Balaban J connectivity index is 2.14. The summed E-state index contributed by atoms with van der Waals surface area (Å²) >= 11 is 0. The predicted molar refractivity (Wildman–Crippen MR) is 68.3 cm³/mol. The van der Waals surface area contributed by atoms with E-state index in [2.05, 4.69) is 0 Å². The van der Waals surface area contributed by atoms with Crippen LogP contribution in [-0.4, -0.2) is 19.5 Å². The molecule has 1 heterocycles. The SMILES string of the molecule is COc1cccc2c1OCCC21CCCCC1=O. The molecule has 0 radical (unpaired) electrons. The molecule has 18 heavy (non-hydrogen) atoms. The number of carbonyl (C=O) groups is 1. The minimum Gasteiger partial charge on any atom is -0.493 e. The van der Waals surface area contributed by atoms with Crippen molar-refractivity contribution >= 4 is 5.78 Å². The fraction of sp³-hybridized carbons (Fsp3) is 0.533. The molecule has 3 nitrogen and oxygen atoms in total. The highest BCUT2D eigenvalue weighted by Crippen LogP contribution is 2.49. The third-order valence-electron chi connectivity index (χ3n) is 4.28. The molecule has 1 aliphatic heterocycles. The van der Waals surface area contributed by atoms with Gasteiger partial charge in [-0.05, 0) is 25.3 Å². The van der Waals surface area contributed by atoms with E-state index in [1.165, 1.54) is 0 Å². The lowest BCUT2D eigenvalue weighted by atomic mass is 9.65. The van der Waals surface area contributed by atoms with E-state index < -0.39 is 0 Å². The summed E-state index contributed by atoms with van der Waals surface area (Å²) in [5.74, 6) is 1.90. The molecule has 1 saturated carbocycles. The second kappa shape index (κ2) is 4.30. The van der Waals surface area contributed by atoms with Gasteiger partial charge in [-0.1, -0.05) is 18.6 Å². The number of hydrogen-bond acceptors (Lipinski definition) is 3. The van der Waals surface area contributed by atoms with Crippen molar-refractivity contribution < 1.29 is 14.3 Å². The molecule has 96 valence electrons. The van der Waals surface area contributed by atoms with E-state index in [1.807, 2.05) is 18.2 Å². The van der Waals surface area contributed by atoms with Crippen LogP contribution in [0.4, 0.5) is 0 Å². The number of methoxy groups -OCH3 is 1. The van der Waals surface area contributed by atoms with Crippen molar-refractivity contribution in [1.29, 1.82) is 0 Å². The van der Waals surface area contributed by atoms with Crippen molar-refractivity contribution in [2.24, 2.45) is 0 Å². The Bertz CT molecular complexity index is 481. The van der Waals surface area contributed by atoms with Gasteiger partial charge >= 0.3 is 0 Å². The molecule has 1 unspecified atom stereocenters. The Hall–Kier alpha value is -1.51. The summed E-state index contributed by atoms with van der Waals surface area (Å²) in [4.78, 5) is 12.4. The number of rotatable bonds is 1. The Morgan fingerprint density at radius 1 is 1.28 bits per heavy atom. The summed E-state index contributed by atoms with van der Waals surface area (Å²) in [7, 11) is 1.64. The minimum absolute atomic E-state index is 0.305. The molecular weight excluding hydrogens is 228 g/mol. The molecule has 2 aliphatic rings. The molecule has 1 aromatic carbocycles. The van der Waals surface area contributed by atoms with E-state index in [0.717, 1.165) is 42.7 Å². The Morgan fingerprint density at radius 2 is 2.17 bits per heavy atom. The fourth-order valence-corrected chi connectivity index (χ4v) is 3.30. The third-order valence-corrected chi connectivity index (χ3v) is 4.28. The first kappa shape index (κ1) is 11.6. The van der Waals surface area contributed by atoms with Crippen LogP contribution in [0.5, 0.6) is 11.5 Å². The van der Waals surface area contributed by atoms with Crippen LogP contribution in [0.2, 0.25) is 0 Å². The molecule has 0 bridgehead atoms. The van der Waals surface area contributed by atoms with Gasteiger partial charge in [-0.2, -0.15) is 0 Å². The second-order valence-corrected chi connectivity index (χ2v) is 5.15. The van der Waals surface area contributed by atoms with Gasteiger partial charge in [0, 0.05) is 12.0 Å². The van der Waals surface area contributed by atoms with Crippen molar-refractivity contribution in [3.63, 3.8) is 0 Å². The predicted octanol–water partition coefficient (Wildman–Crippen LogP) is 2.86. The molecule has 1 atom stereocenters. The van der Waals surface area contributed by atoms with Crippen molar-refractivity contribution in [1.82, 2.24) is 0 Å². The maximum Gasteiger partial charge on any atom is 0.165 e. The lowest BCUT2D eigenvalue weighted by Crippen LogP contribution is -2.42. The van der Waals surface area contributed by atoms with Crippen LogP contribution in [0.15, 0.2) is 18.2 Å². The topological polar surface area (TPSA) is 35.5 Å². The van der Waals surface area contributed by atoms with E-state index in [-0.39, 0.29) is 5.41 Å². The molecule has 3 rings (SSSR count). The molecule has 0 saturated heterocycles. The standard InChI is InChI=1S/C15H18O3/c1-17-12-6-4-5-11-14(12)18-10-9-15(11)8-3-2-7-13(15)16/h4-6H,2-3,7-10H2,1H3. The number of carbonyl (C=O) groups excluding carboxylic acids is 1. The zero-order valence-electron chi connectivity index (χ0n) is 10.7. The number of fused-ring (bicyclic) bond motifs is 2. The summed E-state index contributed by atoms with van der Waals surface area (Å²) in [6, 6.07) is 5.88. The van der Waals surface area contributed by atoms with Gasteiger partial charge in [0.05, 0.1) is 19.1 Å². The zero-order chi connectivity index (χ0) is 12.6. The average molecular weight is 246 g/mol. The summed E-state index contributed by atoms with van der Waals surface area (Å²) in [6.45, 7) is 0.610. The highest BCUT2D eigenvalue weighted by Gasteiger charge is 2.45. The Kier molecular flexibility index (Phi) is 2.77. The van der Waals surface area contributed by atoms with Crippen LogP contribution in [0.3, 0.4) is 0 Å². The van der Waals surface area contributed by atoms with E-state index in [9.17, 15) is 4.79 Å². The van der Waals surface area contributed by atoms with Gasteiger partial charge in [-0.15, -0.1) is 0 Å². The quantitative estimate of drug-likeness (QED) is 0.764. The van der Waals surface area contributed by atoms with E-state index in [4.69, 9.17) is 9.47 Å². The highest BCUT2D eigenvalue weighted by atomic mass is 16.5. The van der Waals surface area contributed by atoms with Gasteiger partial charge in [0.15, 0.2) is 11.5 Å². The van der Waals surface area contributed by atoms with Crippen molar-refractivity contribution in [3.8, 4) is 11.5 Å². The second-order valence-electron chi connectivity index (χ2n) is 5.15. The smallest absolute Gasteiger partial charge is 0.165 e. The molecule has 0 N–H and O–H groups in total. The molecular formula is C15H18O3. The van der Waals surface area contributed by atoms with E-state index in [1.54, 1.807) is 7.11 Å². The zero-order valence-corrected chi connectivity index (χ0v) is 10.7. The number of benzene rings is 1. The molecule has 1 aromatic rings. The van der Waals surface area contributed by atoms with Gasteiger partial charge in [-0.3, -0.25) is 4.79 Å². The van der Waals surface area contributed by atoms with Gasteiger partial charge in [0.1, 0.15) is 5.78 Å².